The van der Waals surface area contributed by atoms with E-state index in [9.17, 15) is 0 Å². The van der Waals surface area contributed by atoms with Crippen molar-refractivity contribution in [3.63, 3.8) is 0 Å². The average molecular weight is 600 g/mol. The molecule has 1 amide bonds. The molecule has 0 bridgehead atoms. The highest BCUT2D eigenvalue weighted by atomic mass is 16.5. The first kappa shape index (κ1) is 30.4. The first-order chi connectivity index (χ1) is 21.4. The van der Waals surface area contributed by atoms with Gasteiger partial charge in [-0.1, -0.05) is 18.2 Å². The summed E-state index contributed by atoms with van der Waals surface area (Å²) < 4.78 is 7.95. The number of ether oxygens (including phenoxy) is 1. The second-order valence-electron chi connectivity index (χ2n) is 10.5. The SMILES string of the molecule is Cc1cnc(Nc2cc(C)n(C)n2)nc1-c1c[nH]c2c(CN3CCC(Oc4cncc(NCCO)n4)C3)cccc12.NC=O. The topological polar surface area (TPSA) is 185 Å². The van der Waals surface area contributed by atoms with Gasteiger partial charge in [0, 0.05) is 68.3 Å². The van der Waals surface area contributed by atoms with Crippen molar-refractivity contribution in [2.24, 2.45) is 12.8 Å². The molecule has 6 N–H and O–H groups in total. The molecule has 44 heavy (non-hydrogen) atoms. The lowest BCUT2D eigenvalue weighted by molar-refractivity contribution is -0.106. The van der Waals surface area contributed by atoms with E-state index in [4.69, 9.17) is 19.6 Å². The molecule has 6 rings (SSSR count). The summed E-state index contributed by atoms with van der Waals surface area (Å²) in [5.74, 6) is 2.31. The van der Waals surface area contributed by atoms with Gasteiger partial charge in [0.05, 0.1) is 30.2 Å². The molecule has 5 aromatic rings. The van der Waals surface area contributed by atoms with Crippen LogP contribution in [0.15, 0.2) is 49.1 Å². The lowest BCUT2D eigenvalue weighted by Crippen LogP contribution is -2.25. The number of fused-ring (bicyclic) bond motifs is 1. The van der Waals surface area contributed by atoms with Gasteiger partial charge < -0.3 is 31.2 Å². The number of carbonyl (C=O) groups is 1. The Balaban J connectivity index is 0.00000123. The molecule has 230 valence electrons. The Labute approximate surface area is 254 Å². The predicted octanol–water partition coefficient (Wildman–Crippen LogP) is 2.67. The maximum atomic E-state index is 9.02. The smallest absolute Gasteiger partial charge is 0.234 e. The van der Waals surface area contributed by atoms with E-state index in [1.807, 2.05) is 44.0 Å². The second-order valence-corrected chi connectivity index (χ2v) is 10.5. The number of anilines is 3. The Bertz CT molecular complexity index is 1700. The van der Waals surface area contributed by atoms with E-state index in [1.54, 1.807) is 12.4 Å². The Hall–Kier alpha value is -5.08. The number of aliphatic hydroxyl groups excluding tert-OH is 1. The van der Waals surface area contributed by atoms with Crippen LogP contribution in [0.2, 0.25) is 0 Å². The number of nitrogens with one attached hydrogen (secondary N) is 3. The van der Waals surface area contributed by atoms with Gasteiger partial charge in [-0.05, 0) is 31.4 Å². The Morgan fingerprint density at radius 2 is 2.05 bits per heavy atom. The molecule has 4 aromatic heterocycles. The van der Waals surface area contributed by atoms with Crippen LogP contribution in [0.1, 0.15) is 23.2 Å². The summed E-state index contributed by atoms with van der Waals surface area (Å²) in [5, 5.41) is 20.9. The van der Waals surface area contributed by atoms with Gasteiger partial charge in [0.1, 0.15) is 11.9 Å². The van der Waals surface area contributed by atoms with Crippen molar-refractivity contribution in [1.29, 1.82) is 0 Å². The van der Waals surface area contributed by atoms with E-state index in [0.29, 0.717) is 30.0 Å². The quantitative estimate of drug-likeness (QED) is 0.149. The van der Waals surface area contributed by atoms with Crippen LogP contribution in [0.3, 0.4) is 0 Å². The van der Waals surface area contributed by atoms with Crippen LogP contribution in [0.4, 0.5) is 17.6 Å². The number of nitrogens with zero attached hydrogens (tertiary/aromatic N) is 7. The minimum absolute atomic E-state index is 0.0298. The fourth-order valence-corrected chi connectivity index (χ4v) is 5.18. The Kier molecular flexibility index (Phi) is 9.62. The van der Waals surface area contributed by atoms with E-state index in [0.717, 1.165) is 59.5 Å². The third-order valence-corrected chi connectivity index (χ3v) is 7.32. The zero-order valence-electron chi connectivity index (χ0n) is 25.0. The highest BCUT2D eigenvalue weighted by molar-refractivity contribution is 5.97. The first-order valence-electron chi connectivity index (χ1n) is 14.3. The zero-order chi connectivity index (χ0) is 31.1. The highest BCUT2D eigenvalue weighted by Gasteiger charge is 2.25. The van der Waals surface area contributed by atoms with Crippen LogP contribution >= 0.6 is 0 Å². The molecule has 5 heterocycles. The molecule has 14 heteroatoms. The monoisotopic (exact) mass is 599 g/mol. The number of rotatable bonds is 10. The summed E-state index contributed by atoms with van der Waals surface area (Å²) in [6.07, 6.45) is 8.32. The number of hydrogen-bond acceptors (Lipinski definition) is 11. The summed E-state index contributed by atoms with van der Waals surface area (Å²) in [5.41, 5.74) is 10.5. The predicted molar refractivity (Wildman–Crippen MR) is 167 cm³/mol. The molecule has 0 spiro atoms. The van der Waals surface area contributed by atoms with Crippen LogP contribution in [-0.4, -0.2) is 83.5 Å². The molecular formula is C30H37N11O3. The average Bonchev–Trinajstić information content (AvgIpc) is 3.72. The van der Waals surface area contributed by atoms with E-state index in [-0.39, 0.29) is 19.1 Å². The molecule has 0 aliphatic carbocycles. The van der Waals surface area contributed by atoms with E-state index < -0.39 is 0 Å². The van der Waals surface area contributed by atoms with E-state index >= 15 is 0 Å². The summed E-state index contributed by atoms with van der Waals surface area (Å²) in [4.78, 5) is 32.5. The number of aryl methyl sites for hydroxylation is 3. The molecule has 1 atom stereocenters. The fourth-order valence-electron chi connectivity index (χ4n) is 5.18. The molecule has 1 saturated heterocycles. The first-order valence-corrected chi connectivity index (χ1v) is 14.3. The summed E-state index contributed by atoms with van der Waals surface area (Å²) in [7, 11) is 1.91. The number of aliphatic hydroxyl groups is 1. The molecule has 1 aromatic carbocycles. The van der Waals surface area contributed by atoms with Crippen LogP contribution in [0.25, 0.3) is 22.2 Å². The molecule has 1 aliphatic heterocycles. The van der Waals surface area contributed by atoms with E-state index in [1.165, 1.54) is 5.56 Å². The van der Waals surface area contributed by atoms with Crippen LogP contribution in [0.5, 0.6) is 5.88 Å². The minimum Gasteiger partial charge on any atom is -0.472 e. The van der Waals surface area contributed by atoms with Crippen molar-refractivity contribution in [3.8, 4) is 17.1 Å². The molecule has 1 aliphatic rings. The molecule has 1 unspecified atom stereocenters. The second kappa shape index (κ2) is 13.9. The van der Waals surface area contributed by atoms with Crippen LogP contribution < -0.4 is 21.1 Å². The third kappa shape index (κ3) is 7.10. The number of likely N-dealkylation sites (tertiary alicyclic amines) is 1. The van der Waals surface area contributed by atoms with Gasteiger partial charge in [0.25, 0.3) is 0 Å². The van der Waals surface area contributed by atoms with Crippen LogP contribution in [-0.2, 0) is 18.4 Å². The Morgan fingerprint density at radius 1 is 1.20 bits per heavy atom. The lowest BCUT2D eigenvalue weighted by Gasteiger charge is -2.17. The number of para-hydroxylation sites is 1. The number of primary amides is 1. The van der Waals surface area contributed by atoms with Gasteiger partial charge in [-0.2, -0.15) is 10.1 Å². The summed E-state index contributed by atoms with van der Waals surface area (Å²) >= 11 is 0. The fraction of sp³-hybridized carbons (Fsp3) is 0.333. The highest BCUT2D eigenvalue weighted by Crippen LogP contribution is 2.32. The normalized spacial score (nSPS) is 14.7. The number of carbonyl (C=O) groups excluding carboxylic acids is 1. The van der Waals surface area contributed by atoms with Crippen molar-refractivity contribution in [3.05, 3.63) is 65.9 Å². The molecule has 0 radical (unpaired) electrons. The number of amides is 1. The number of nitrogens with two attached hydrogens (primary N) is 1. The van der Waals surface area contributed by atoms with Crippen LogP contribution in [0, 0.1) is 13.8 Å². The minimum atomic E-state index is 0.0298. The van der Waals surface area contributed by atoms with Gasteiger partial charge in [-0.25, -0.2) is 9.97 Å². The number of hydrogen-bond donors (Lipinski definition) is 5. The molecule has 0 saturated carbocycles. The van der Waals surface area contributed by atoms with Gasteiger partial charge in [-0.3, -0.25) is 19.4 Å². The van der Waals surface area contributed by atoms with E-state index in [2.05, 4.69) is 64.5 Å². The molecule has 14 nitrogen and oxygen atoms in total. The van der Waals surface area contributed by atoms with Crippen molar-refractivity contribution in [1.82, 2.24) is 39.6 Å². The van der Waals surface area contributed by atoms with Gasteiger partial charge in [-0.15, -0.1) is 0 Å². The summed E-state index contributed by atoms with van der Waals surface area (Å²) in [6, 6.07) is 8.37. The van der Waals surface area contributed by atoms with Crippen molar-refractivity contribution in [2.75, 3.05) is 36.9 Å². The van der Waals surface area contributed by atoms with Crippen molar-refractivity contribution >= 4 is 34.9 Å². The van der Waals surface area contributed by atoms with Gasteiger partial charge in [0.2, 0.25) is 18.2 Å². The number of H-pyrrole nitrogens is 1. The lowest BCUT2D eigenvalue weighted by atomic mass is 10.0. The molecule has 1 fully saturated rings. The Morgan fingerprint density at radius 3 is 2.82 bits per heavy atom. The van der Waals surface area contributed by atoms with Crippen molar-refractivity contribution in [2.45, 2.75) is 32.9 Å². The molecular weight excluding hydrogens is 562 g/mol. The maximum Gasteiger partial charge on any atom is 0.234 e. The number of aromatic amines is 1. The third-order valence-electron chi connectivity index (χ3n) is 7.32. The summed E-state index contributed by atoms with van der Waals surface area (Å²) in [6.45, 7) is 7.01. The largest absolute Gasteiger partial charge is 0.472 e. The number of benzene rings is 1. The standard InChI is InChI=1S/C29H34N10O2.CH3NO/c1-18-12-33-29(35-24-11-19(2)38(3)37-24)36-27(18)23-13-32-28-20(5-4-6-22(23)28)16-39-9-7-21(17-39)41-26-15-30-14-25(34-26)31-8-10-40;2-1-3/h4-6,11-15,21,32,40H,7-10,16-17H2,1-3H3,(H,31,34)(H,33,35,36,37);1H,(H2,2,3). The van der Waals surface area contributed by atoms with Gasteiger partial charge >= 0.3 is 0 Å². The number of aromatic nitrogens is 7. The van der Waals surface area contributed by atoms with Gasteiger partial charge in [0.15, 0.2) is 5.82 Å². The zero-order valence-corrected chi connectivity index (χ0v) is 25.0. The maximum absolute atomic E-state index is 9.02. The van der Waals surface area contributed by atoms with Crippen molar-refractivity contribution < 1.29 is 14.6 Å².